The smallest absolute Gasteiger partial charge is 0.257 e. The van der Waals surface area contributed by atoms with Crippen LogP contribution in [0.25, 0.3) is 0 Å². The Hall–Kier alpha value is -2.52. The van der Waals surface area contributed by atoms with Crippen LogP contribution in [0.4, 0.5) is 0 Å². The number of hydrogen-bond donors (Lipinski definition) is 0. The van der Waals surface area contributed by atoms with E-state index in [4.69, 9.17) is 23.7 Å². The summed E-state index contributed by atoms with van der Waals surface area (Å²) in [6.07, 6.45) is 0. The first-order valence-electron chi connectivity index (χ1n) is 9.19. The van der Waals surface area contributed by atoms with Gasteiger partial charge in [-0.25, -0.2) is 0 Å². The Balaban J connectivity index is 2.07. The highest BCUT2D eigenvalue weighted by Crippen LogP contribution is 2.43. The van der Waals surface area contributed by atoms with E-state index in [0.717, 1.165) is 0 Å². The molecule has 2 heterocycles. The summed E-state index contributed by atoms with van der Waals surface area (Å²) in [5.74, 6) is 0.235. The fourth-order valence-corrected chi connectivity index (χ4v) is 3.41. The molecule has 28 heavy (non-hydrogen) atoms. The van der Waals surface area contributed by atoms with Crippen LogP contribution in [-0.4, -0.2) is 95.6 Å². The molecule has 9 nitrogen and oxygen atoms in total. The SMILES string of the molecule is COc1c(C(=O)N2CCOCC2)cc(C(=O)N2CCOCC2)c(OC)c1OC. The summed E-state index contributed by atoms with van der Waals surface area (Å²) < 4.78 is 27.1. The van der Waals surface area contributed by atoms with Crippen molar-refractivity contribution in [2.45, 2.75) is 0 Å². The van der Waals surface area contributed by atoms with Gasteiger partial charge in [0.05, 0.1) is 58.9 Å². The van der Waals surface area contributed by atoms with Crippen molar-refractivity contribution in [1.82, 2.24) is 9.80 Å². The zero-order valence-corrected chi connectivity index (χ0v) is 16.5. The Labute approximate surface area is 164 Å². The quantitative estimate of drug-likeness (QED) is 0.725. The minimum absolute atomic E-state index is 0.223. The van der Waals surface area contributed by atoms with Crippen LogP contribution in [0.2, 0.25) is 0 Å². The highest BCUT2D eigenvalue weighted by atomic mass is 16.5. The molecule has 3 rings (SSSR count). The van der Waals surface area contributed by atoms with Crippen LogP contribution >= 0.6 is 0 Å². The lowest BCUT2D eigenvalue weighted by Crippen LogP contribution is -2.42. The number of carbonyl (C=O) groups excluding carboxylic acids is 2. The first kappa shape index (κ1) is 20.2. The van der Waals surface area contributed by atoms with Crippen molar-refractivity contribution in [2.24, 2.45) is 0 Å². The van der Waals surface area contributed by atoms with E-state index in [1.807, 2.05) is 0 Å². The second kappa shape index (κ2) is 9.11. The summed E-state index contributed by atoms with van der Waals surface area (Å²) in [6, 6.07) is 1.54. The zero-order chi connectivity index (χ0) is 20.1. The third-order valence-electron chi connectivity index (χ3n) is 4.86. The number of benzene rings is 1. The van der Waals surface area contributed by atoms with Crippen LogP contribution in [0.3, 0.4) is 0 Å². The Kier molecular flexibility index (Phi) is 6.58. The number of methoxy groups -OCH3 is 3. The van der Waals surface area contributed by atoms with Gasteiger partial charge in [0.1, 0.15) is 0 Å². The van der Waals surface area contributed by atoms with Crippen LogP contribution in [0.1, 0.15) is 20.7 Å². The molecule has 2 saturated heterocycles. The van der Waals surface area contributed by atoms with Gasteiger partial charge in [0.2, 0.25) is 5.75 Å². The molecular formula is C19H26N2O7. The topological polar surface area (TPSA) is 86.8 Å². The van der Waals surface area contributed by atoms with Crippen LogP contribution < -0.4 is 14.2 Å². The number of carbonyl (C=O) groups is 2. The molecule has 0 aromatic heterocycles. The molecular weight excluding hydrogens is 368 g/mol. The molecule has 2 amide bonds. The van der Waals surface area contributed by atoms with Crippen molar-refractivity contribution >= 4 is 11.8 Å². The molecule has 0 aliphatic carbocycles. The molecule has 0 radical (unpaired) electrons. The van der Waals surface area contributed by atoms with E-state index >= 15 is 0 Å². The van der Waals surface area contributed by atoms with E-state index in [0.29, 0.717) is 52.6 Å². The van der Waals surface area contributed by atoms with E-state index in [2.05, 4.69) is 0 Å². The number of morpholine rings is 2. The van der Waals surface area contributed by atoms with Gasteiger partial charge in [0.25, 0.3) is 11.8 Å². The Morgan fingerprint density at radius 2 is 1.07 bits per heavy atom. The number of ether oxygens (including phenoxy) is 5. The molecule has 0 atom stereocenters. The van der Waals surface area contributed by atoms with E-state index in [9.17, 15) is 9.59 Å². The van der Waals surface area contributed by atoms with E-state index in [1.165, 1.54) is 27.4 Å². The summed E-state index contributed by atoms with van der Waals surface area (Å²) in [5.41, 5.74) is 0.525. The molecule has 9 heteroatoms. The average Bonchev–Trinajstić information content (AvgIpc) is 2.77. The number of amides is 2. The average molecular weight is 394 g/mol. The molecule has 154 valence electrons. The first-order valence-corrected chi connectivity index (χ1v) is 9.19. The van der Waals surface area contributed by atoms with E-state index < -0.39 is 0 Å². The molecule has 1 aromatic rings. The maximum absolute atomic E-state index is 13.1. The predicted molar refractivity (Wildman–Crippen MR) is 99.5 cm³/mol. The Morgan fingerprint density at radius 1 is 0.714 bits per heavy atom. The fraction of sp³-hybridized carbons (Fsp3) is 0.579. The molecule has 2 fully saturated rings. The van der Waals surface area contributed by atoms with Gasteiger partial charge in [-0.1, -0.05) is 0 Å². The first-order chi connectivity index (χ1) is 13.6. The third-order valence-corrected chi connectivity index (χ3v) is 4.86. The largest absolute Gasteiger partial charge is 0.492 e. The zero-order valence-electron chi connectivity index (χ0n) is 16.5. The van der Waals surface area contributed by atoms with E-state index in [1.54, 1.807) is 9.80 Å². The standard InChI is InChI=1S/C19H26N2O7/c1-24-15-13(18(22)20-4-8-27-9-5-20)12-14(16(25-2)17(15)26-3)19(23)21-6-10-28-11-7-21/h12H,4-11H2,1-3H3. The molecule has 1 aromatic carbocycles. The van der Waals surface area contributed by atoms with Crippen molar-refractivity contribution in [3.63, 3.8) is 0 Å². The third kappa shape index (κ3) is 3.85. The van der Waals surface area contributed by atoms with Crippen LogP contribution in [-0.2, 0) is 9.47 Å². The van der Waals surface area contributed by atoms with E-state index in [-0.39, 0.29) is 40.2 Å². The van der Waals surface area contributed by atoms with Gasteiger partial charge in [-0.15, -0.1) is 0 Å². The fourth-order valence-electron chi connectivity index (χ4n) is 3.41. The predicted octanol–water partition coefficient (Wildman–Crippen LogP) is 0.657. The summed E-state index contributed by atoms with van der Waals surface area (Å²) in [4.78, 5) is 29.6. The number of nitrogens with zero attached hydrogens (tertiary/aromatic N) is 2. The van der Waals surface area contributed by atoms with Gasteiger partial charge in [0.15, 0.2) is 11.5 Å². The number of hydrogen-bond acceptors (Lipinski definition) is 7. The van der Waals surface area contributed by atoms with Crippen LogP contribution in [0.5, 0.6) is 17.2 Å². The summed E-state index contributed by atoms with van der Waals surface area (Å²) in [7, 11) is 4.36. The lowest BCUT2D eigenvalue weighted by Gasteiger charge is -2.30. The minimum atomic E-state index is -0.239. The van der Waals surface area contributed by atoms with Crippen LogP contribution in [0.15, 0.2) is 6.07 Å². The lowest BCUT2D eigenvalue weighted by atomic mass is 10.0. The maximum atomic E-state index is 13.1. The van der Waals surface area contributed by atoms with Gasteiger partial charge >= 0.3 is 0 Å². The van der Waals surface area contributed by atoms with Gasteiger partial charge in [-0.05, 0) is 6.07 Å². The molecule has 2 aliphatic rings. The molecule has 0 N–H and O–H groups in total. The number of rotatable bonds is 5. The van der Waals surface area contributed by atoms with Crippen molar-refractivity contribution in [3.8, 4) is 17.2 Å². The lowest BCUT2D eigenvalue weighted by molar-refractivity contribution is 0.0295. The molecule has 2 aliphatic heterocycles. The second-order valence-corrected chi connectivity index (χ2v) is 6.38. The molecule has 0 saturated carbocycles. The van der Waals surface area contributed by atoms with Crippen molar-refractivity contribution in [1.29, 1.82) is 0 Å². The molecule has 0 bridgehead atoms. The van der Waals surface area contributed by atoms with Gasteiger partial charge < -0.3 is 33.5 Å². The van der Waals surface area contributed by atoms with Crippen molar-refractivity contribution in [3.05, 3.63) is 17.2 Å². The van der Waals surface area contributed by atoms with Gasteiger partial charge in [-0.2, -0.15) is 0 Å². The van der Waals surface area contributed by atoms with Crippen LogP contribution in [0, 0.1) is 0 Å². The molecule has 0 unspecified atom stereocenters. The monoisotopic (exact) mass is 394 g/mol. The maximum Gasteiger partial charge on any atom is 0.257 e. The highest BCUT2D eigenvalue weighted by Gasteiger charge is 2.32. The minimum Gasteiger partial charge on any atom is -0.492 e. The van der Waals surface area contributed by atoms with Gasteiger partial charge in [0, 0.05) is 26.2 Å². The molecule has 0 spiro atoms. The summed E-state index contributed by atoms with van der Waals surface area (Å²) in [6.45, 7) is 3.79. The second-order valence-electron chi connectivity index (χ2n) is 6.38. The normalized spacial score (nSPS) is 17.2. The van der Waals surface area contributed by atoms with Crippen molar-refractivity contribution < 1.29 is 33.3 Å². The Bertz CT molecular complexity index is 669. The Morgan fingerprint density at radius 3 is 1.39 bits per heavy atom. The van der Waals surface area contributed by atoms with Crippen molar-refractivity contribution in [2.75, 3.05) is 73.9 Å². The highest BCUT2D eigenvalue weighted by molar-refractivity contribution is 6.05. The summed E-state index contributed by atoms with van der Waals surface area (Å²) in [5, 5.41) is 0. The van der Waals surface area contributed by atoms with Gasteiger partial charge in [-0.3, -0.25) is 9.59 Å². The summed E-state index contributed by atoms with van der Waals surface area (Å²) >= 11 is 0.